The number of aliphatic carboxylic acids is 1. The molecule has 0 aliphatic carbocycles. The van der Waals surface area contributed by atoms with Gasteiger partial charge in [0.25, 0.3) is 0 Å². The van der Waals surface area contributed by atoms with Gasteiger partial charge in [0.2, 0.25) is 11.8 Å². The van der Waals surface area contributed by atoms with Crippen LogP contribution in [0.5, 0.6) is 0 Å². The highest BCUT2D eigenvalue weighted by molar-refractivity contribution is 6.05. The van der Waals surface area contributed by atoms with Gasteiger partial charge in [-0.2, -0.15) is 0 Å². The molecule has 1 fully saturated rings. The zero-order valence-electron chi connectivity index (χ0n) is 11.3. The normalized spacial score (nSPS) is 20.9. The standard InChI is InChI=1S/C12H20N2O4/c1-12(2,3)14(6-5-10(16)17)8-7-9(15)13(4)11(8)18/h8H,5-7H2,1-4H3,(H,16,17). The maximum absolute atomic E-state index is 12.0. The Balaban J connectivity index is 2.87. The molecule has 0 aromatic carbocycles. The van der Waals surface area contributed by atoms with Crippen LogP contribution in [0.25, 0.3) is 0 Å². The molecule has 18 heavy (non-hydrogen) atoms. The Labute approximate surface area is 107 Å². The van der Waals surface area contributed by atoms with E-state index in [1.165, 1.54) is 7.05 Å². The van der Waals surface area contributed by atoms with Crippen molar-refractivity contribution in [1.82, 2.24) is 9.80 Å². The first kappa shape index (κ1) is 14.6. The van der Waals surface area contributed by atoms with E-state index in [0.29, 0.717) is 0 Å². The van der Waals surface area contributed by atoms with Gasteiger partial charge in [-0.3, -0.25) is 24.2 Å². The van der Waals surface area contributed by atoms with Crippen LogP contribution in [0.3, 0.4) is 0 Å². The molecule has 2 amide bonds. The molecule has 1 aliphatic rings. The van der Waals surface area contributed by atoms with Gasteiger partial charge >= 0.3 is 5.97 Å². The molecule has 0 radical (unpaired) electrons. The third-order valence-corrected chi connectivity index (χ3v) is 3.16. The van der Waals surface area contributed by atoms with Gasteiger partial charge in [0, 0.05) is 19.1 Å². The zero-order valence-corrected chi connectivity index (χ0v) is 11.3. The summed E-state index contributed by atoms with van der Waals surface area (Å²) in [4.78, 5) is 37.1. The fourth-order valence-electron chi connectivity index (χ4n) is 2.15. The first-order valence-electron chi connectivity index (χ1n) is 5.93. The molecule has 0 saturated carbocycles. The number of carbonyl (C=O) groups excluding carboxylic acids is 2. The summed E-state index contributed by atoms with van der Waals surface area (Å²) in [6.07, 6.45) is 0.0885. The topological polar surface area (TPSA) is 77.9 Å². The van der Waals surface area contributed by atoms with E-state index in [1.807, 2.05) is 20.8 Å². The van der Waals surface area contributed by atoms with E-state index in [0.717, 1.165) is 4.90 Å². The van der Waals surface area contributed by atoms with Crippen LogP contribution in [0.4, 0.5) is 0 Å². The highest BCUT2D eigenvalue weighted by atomic mass is 16.4. The van der Waals surface area contributed by atoms with Crippen molar-refractivity contribution in [2.75, 3.05) is 13.6 Å². The number of carbonyl (C=O) groups is 3. The second-order valence-corrected chi connectivity index (χ2v) is 5.52. The molecule has 1 aliphatic heterocycles. The number of rotatable bonds is 4. The van der Waals surface area contributed by atoms with Crippen LogP contribution in [0, 0.1) is 0 Å². The quantitative estimate of drug-likeness (QED) is 0.733. The van der Waals surface area contributed by atoms with Gasteiger partial charge in [-0.1, -0.05) is 0 Å². The molecule has 1 N–H and O–H groups in total. The van der Waals surface area contributed by atoms with Crippen LogP contribution in [-0.4, -0.2) is 57.9 Å². The van der Waals surface area contributed by atoms with Crippen molar-refractivity contribution in [1.29, 1.82) is 0 Å². The molecule has 0 aromatic heterocycles. The highest BCUT2D eigenvalue weighted by Crippen LogP contribution is 2.25. The van der Waals surface area contributed by atoms with E-state index in [1.54, 1.807) is 4.90 Å². The first-order valence-corrected chi connectivity index (χ1v) is 5.93. The Bertz CT molecular complexity index is 373. The summed E-state index contributed by atoms with van der Waals surface area (Å²) in [5.74, 6) is -1.37. The minimum atomic E-state index is -0.908. The molecule has 102 valence electrons. The Kier molecular flexibility index (Phi) is 4.11. The summed E-state index contributed by atoms with van der Waals surface area (Å²) in [5, 5.41) is 8.75. The number of hydrogen-bond acceptors (Lipinski definition) is 4. The number of carboxylic acids is 1. The molecule has 0 aromatic rings. The Morgan fingerprint density at radius 3 is 2.33 bits per heavy atom. The Morgan fingerprint density at radius 2 is 2.00 bits per heavy atom. The number of imide groups is 1. The molecule has 1 unspecified atom stereocenters. The van der Waals surface area contributed by atoms with E-state index in [9.17, 15) is 14.4 Å². The van der Waals surface area contributed by atoms with Crippen molar-refractivity contribution in [2.45, 2.75) is 45.2 Å². The maximum Gasteiger partial charge on any atom is 0.304 e. The molecule has 6 nitrogen and oxygen atoms in total. The van der Waals surface area contributed by atoms with Gasteiger partial charge in [-0.25, -0.2) is 0 Å². The molecule has 1 heterocycles. The highest BCUT2D eigenvalue weighted by Gasteiger charge is 2.43. The van der Waals surface area contributed by atoms with Gasteiger partial charge in [0.05, 0.1) is 18.9 Å². The van der Waals surface area contributed by atoms with Gasteiger partial charge in [-0.05, 0) is 20.8 Å². The third kappa shape index (κ3) is 3.07. The molecule has 1 atom stereocenters. The fourth-order valence-corrected chi connectivity index (χ4v) is 2.15. The van der Waals surface area contributed by atoms with Crippen molar-refractivity contribution >= 4 is 17.8 Å². The van der Waals surface area contributed by atoms with Crippen LogP contribution >= 0.6 is 0 Å². The number of carboxylic acid groups (broad SMARTS) is 1. The summed E-state index contributed by atoms with van der Waals surface area (Å²) < 4.78 is 0. The van der Waals surface area contributed by atoms with Gasteiger partial charge < -0.3 is 5.11 Å². The smallest absolute Gasteiger partial charge is 0.304 e. The maximum atomic E-state index is 12.0. The van der Waals surface area contributed by atoms with Crippen LogP contribution in [0.1, 0.15) is 33.6 Å². The average molecular weight is 256 g/mol. The average Bonchev–Trinajstić information content (AvgIpc) is 2.44. The number of nitrogens with zero attached hydrogens (tertiary/aromatic N) is 2. The molecule has 1 saturated heterocycles. The van der Waals surface area contributed by atoms with Gasteiger partial charge in [-0.15, -0.1) is 0 Å². The van der Waals surface area contributed by atoms with E-state index in [4.69, 9.17) is 5.11 Å². The van der Waals surface area contributed by atoms with Gasteiger partial charge in [0.1, 0.15) is 0 Å². The lowest BCUT2D eigenvalue weighted by molar-refractivity contribution is -0.141. The summed E-state index contributed by atoms with van der Waals surface area (Å²) >= 11 is 0. The number of likely N-dealkylation sites (tertiary alicyclic amines) is 1. The van der Waals surface area contributed by atoms with Crippen molar-refractivity contribution in [2.24, 2.45) is 0 Å². The minimum Gasteiger partial charge on any atom is -0.481 e. The SMILES string of the molecule is CN1C(=O)CC(N(CCC(=O)O)C(C)(C)C)C1=O. The largest absolute Gasteiger partial charge is 0.481 e. The van der Waals surface area contributed by atoms with Crippen molar-refractivity contribution in [3.8, 4) is 0 Å². The molecule has 1 rings (SSSR count). The predicted octanol–water partition coefficient (Wildman–Crippen LogP) is 0.319. The number of hydrogen-bond donors (Lipinski definition) is 1. The fraction of sp³-hybridized carbons (Fsp3) is 0.750. The van der Waals surface area contributed by atoms with Crippen molar-refractivity contribution in [3.05, 3.63) is 0 Å². The second kappa shape index (κ2) is 5.06. The second-order valence-electron chi connectivity index (χ2n) is 5.52. The summed E-state index contributed by atoms with van der Waals surface area (Å²) in [6.45, 7) is 5.98. The van der Waals surface area contributed by atoms with Crippen LogP contribution in [0.2, 0.25) is 0 Å². The van der Waals surface area contributed by atoms with Gasteiger partial charge in [0.15, 0.2) is 0 Å². The molecule has 6 heteroatoms. The molecular formula is C12H20N2O4. The van der Waals surface area contributed by atoms with E-state index in [2.05, 4.69) is 0 Å². The minimum absolute atomic E-state index is 0.0427. The summed E-state index contributed by atoms with van der Waals surface area (Å²) in [7, 11) is 1.46. The number of amides is 2. The molecule has 0 bridgehead atoms. The Hall–Kier alpha value is -1.43. The van der Waals surface area contributed by atoms with Crippen molar-refractivity contribution in [3.63, 3.8) is 0 Å². The molecular weight excluding hydrogens is 236 g/mol. The van der Waals surface area contributed by atoms with E-state index >= 15 is 0 Å². The van der Waals surface area contributed by atoms with Crippen LogP contribution in [0.15, 0.2) is 0 Å². The Morgan fingerprint density at radius 1 is 1.44 bits per heavy atom. The third-order valence-electron chi connectivity index (χ3n) is 3.16. The van der Waals surface area contributed by atoms with Crippen molar-refractivity contribution < 1.29 is 19.5 Å². The monoisotopic (exact) mass is 256 g/mol. The van der Waals surface area contributed by atoms with Crippen LogP contribution in [-0.2, 0) is 14.4 Å². The first-order chi connectivity index (χ1) is 8.14. The lowest BCUT2D eigenvalue weighted by Crippen LogP contribution is -2.51. The summed E-state index contributed by atoms with van der Waals surface area (Å²) in [5.41, 5.74) is -0.360. The lowest BCUT2D eigenvalue weighted by Gasteiger charge is -2.38. The summed E-state index contributed by atoms with van der Waals surface area (Å²) in [6, 6.07) is -0.540. The zero-order chi connectivity index (χ0) is 14.1. The predicted molar refractivity (Wildman–Crippen MR) is 64.9 cm³/mol. The van der Waals surface area contributed by atoms with E-state index in [-0.39, 0.29) is 36.7 Å². The van der Waals surface area contributed by atoms with E-state index < -0.39 is 12.0 Å². The number of likely N-dealkylation sites (N-methyl/N-ethyl adjacent to an activating group) is 1. The lowest BCUT2D eigenvalue weighted by atomic mass is 10.0. The van der Waals surface area contributed by atoms with Crippen LogP contribution < -0.4 is 0 Å². The molecule has 0 spiro atoms.